The summed E-state index contributed by atoms with van der Waals surface area (Å²) in [5.74, 6) is 0. The van der Waals surface area contributed by atoms with Gasteiger partial charge in [0, 0.05) is 23.7 Å². The number of alkyl halides is 3. The van der Waals surface area contributed by atoms with Crippen molar-refractivity contribution in [3.8, 4) is 5.69 Å². The highest BCUT2D eigenvalue weighted by Gasteiger charge is 2.29. The molecule has 1 aromatic heterocycles. The van der Waals surface area contributed by atoms with E-state index < -0.39 is 11.7 Å². The van der Waals surface area contributed by atoms with Crippen LogP contribution in [0.15, 0.2) is 85.1 Å². The second kappa shape index (κ2) is 7.49. The Morgan fingerprint density at radius 2 is 1.37 bits per heavy atom. The van der Waals surface area contributed by atoms with Gasteiger partial charge in [0.25, 0.3) is 0 Å². The van der Waals surface area contributed by atoms with Crippen molar-refractivity contribution in [1.82, 2.24) is 4.57 Å². The Morgan fingerprint density at radius 3 is 2.04 bits per heavy atom. The molecule has 0 saturated heterocycles. The van der Waals surface area contributed by atoms with Gasteiger partial charge in [0.2, 0.25) is 0 Å². The molecule has 5 heteroatoms. The van der Waals surface area contributed by atoms with Crippen LogP contribution in [0.5, 0.6) is 0 Å². The number of hydrogen-bond acceptors (Lipinski definition) is 0. The first-order chi connectivity index (χ1) is 12.5. The number of hydrogen-bond donors (Lipinski definition) is 0. The Bertz CT molecular complexity index is 1030. The van der Waals surface area contributed by atoms with Gasteiger partial charge in [-0.3, -0.25) is 0 Å². The van der Waals surface area contributed by atoms with Crippen LogP contribution in [0.4, 0.5) is 13.2 Å². The molecule has 0 amide bonds. The van der Waals surface area contributed by atoms with Crippen LogP contribution < -0.4 is 0 Å². The van der Waals surface area contributed by atoms with Crippen molar-refractivity contribution in [2.24, 2.45) is 0 Å². The van der Waals surface area contributed by atoms with E-state index in [1.807, 2.05) is 67.2 Å². The Balaban J connectivity index is 0.00000210. The minimum absolute atomic E-state index is 0. The van der Waals surface area contributed by atoms with Crippen LogP contribution in [0.2, 0.25) is 0 Å². The lowest BCUT2D eigenvalue weighted by Gasteiger charge is -2.07. The molecule has 4 aromatic rings. The lowest BCUT2D eigenvalue weighted by molar-refractivity contribution is -0.137. The molecule has 0 aliphatic heterocycles. The van der Waals surface area contributed by atoms with Gasteiger partial charge in [-0.25, -0.2) is 0 Å². The Labute approximate surface area is 161 Å². The van der Waals surface area contributed by atoms with Gasteiger partial charge in [0.15, 0.2) is 0 Å². The fourth-order valence-electron chi connectivity index (χ4n) is 3.07. The molecule has 0 saturated carbocycles. The SMILES string of the molecule is Cl.FC(F)(F)c1ccc([CH]c2cn(-c3ccccc3)c3ccccc23)cc1. The molecule has 0 atom stereocenters. The van der Waals surface area contributed by atoms with Crippen molar-refractivity contribution in [2.45, 2.75) is 6.18 Å². The van der Waals surface area contributed by atoms with E-state index in [1.165, 1.54) is 12.1 Å². The van der Waals surface area contributed by atoms with Crippen molar-refractivity contribution < 1.29 is 13.2 Å². The molecule has 137 valence electrons. The van der Waals surface area contributed by atoms with Crippen LogP contribution in [0, 0.1) is 6.42 Å². The van der Waals surface area contributed by atoms with Crippen LogP contribution in [0.3, 0.4) is 0 Å². The lowest BCUT2D eigenvalue weighted by Crippen LogP contribution is -2.04. The van der Waals surface area contributed by atoms with E-state index in [0.717, 1.165) is 39.8 Å². The van der Waals surface area contributed by atoms with E-state index in [2.05, 4.69) is 4.57 Å². The molecule has 0 unspecified atom stereocenters. The van der Waals surface area contributed by atoms with Gasteiger partial charge in [-0.15, -0.1) is 12.4 Å². The monoisotopic (exact) mass is 386 g/mol. The summed E-state index contributed by atoms with van der Waals surface area (Å²) >= 11 is 0. The summed E-state index contributed by atoms with van der Waals surface area (Å²) in [5.41, 5.74) is 3.15. The topological polar surface area (TPSA) is 4.93 Å². The lowest BCUT2D eigenvalue weighted by atomic mass is 10.0. The average Bonchev–Trinajstić information content (AvgIpc) is 3.01. The van der Waals surface area contributed by atoms with Gasteiger partial charge in [-0.05, 0) is 41.5 Å². The summed E-state index contributed by atoms with van der Waals surface area (Å²) in [6.07, 6.45) is -0.401. The summed E-state index contributed by atoms with van der Waals surface area (Å²) in [7, 11) is 0. The number of fused-ring (bicyclic) bond motifs is 1. The third-order valence-corrected chi connectivity index (χ3v) is 4.34. The highest BCUT2D eigenvalue weighted by atomic mass is 35.5. The van der Waals surface area contributed by atoms with Gasteiger partial charge < -0.3 is 4.57 Å². The van der Waals surface area contributed by atoms with Gasteiger partial charge in [-0.1, -0.05) is 48.5 Å². The van der Waals surface area contributed by atoms with Crippen LogP contribution in [0.1, 0.15) is 16.7 Å². The van der Waals surface area contributed by atoms with Crippen molar-refractivity contribution in [2.75, 3.05) is 0 Å². The summed E-state index contributed by atoms with van der Waals surface area (Å²) in [4.78, 5) is 0. The van der Waals surface area contributed by atoms with E-state index in [0.29, 0.717) is 0 Å². The highest BCUT2D eigenvalue weighted by Crippen LogP contribution is 2.31. The first-order valence-corrected chi connectivity index (χ1v) is 8.20. The van der Waals surface area contributed by atoms with Crippen molar-refractivity contribution in [1.29, 1.82) is 0 Å². The van der Waals surface area contributed by atoms with E-state index >= 15 is 0 Å². The molecule has 0 fully saturated rings. The number of rotatable bonds is 3. The molecular formula is C22H16ClF3N. The predicted octanol–water partition coefficient (Wildman–Crippen LogP) is 6.67. The zero-order valence-corrected chi connectivity index (χ0v) is 15.0. The quantitative estimate of drug-likeness (QED) is 0.370. The van der Waals surface area contributed by atoms with Gasteiger partial charge in [0.1, 0.15) is 0 Å². The van der Waals surface area contributed by atoms with Crippen LogP contribution in [-0.2, 0) is 6.18 Å². The predicted molar refractivity (Wildman–Crippen MR) is 104 cm³/mol. The van der Waals surface area contributed by atoms with E-state index in [1.54, 1.807) is 0 Å². The molecule has 0 aliphatic carbocycles. The summed E-state index contributed by atoms with van der Waals surface area (Å²) < 4.78 is 40.3. The third-order valence-electron chi connectivity index (χ3n) is 4.34. The fraction of sp³-hybridized carbons (Fsp3) is 0.0455. The minimum atomic E-state index is -4.32. The number of aromatic nitrogens is 1. The van der Waals surface area contributed by atoms with Gasteiger partial charge in [-0.2, -0.15) is 13.2 Å². The van der Waals surface area contributed by atoms with Crippen LogP contribution >= 0.6 is 12.4 Å². The first kappa shape index (κ1) is 19.1. The van der Waals surface area contributed by atoms with Crippen LogP contribution in [-0.4, -0.2) is 4.57 Å². The summed E-state index contributed by atoms with van der Waals surface area (Å²) in [6, 6.07) is 23.2. The maximum absolute atomic E-state index is 12.7. The molecule has 3 aromatic carbocycles. The molecule has 1 radical (unpaired) electrons. The first-order valence-electron chi connectivity index (χ1n) is 8.20. The highest BCUT2D eigenvalue weighted by molar-refractivity contribution is 5.87. The molecule has 27 heavy (non-hydrogen) atoms. The van der Waals surface area contributed by atoms with E-state index in [9.17, 15) is 13.2 Å². The summed E-state index contributed by atoms with van der Waals surface area (Å²) in [5, 5.41) is 1.05. The standard InChI is InChI=1S/C22H15F3N.ClH/c23-22(24,25)18-12-10-16(11-13-18)14-17-15-26(19-6-2-1-3-7-19)21-9-5-4-8-20(17)21;/h1-15H;1H. The normalized spacial score (nSPS) is 11.4. The molecule has 4 rings (SSSR count). The molecule has 1 nitrogen and oxygen atoms in total. The maximum atomic E-state index is 12.7. The number of para-hydroxylation sites is 2. The minimum Gasteiger partial charge on any atom is -0.316 e. The average molecular weight is 387 g/mol. The number of halogens is 4. The van der Waals surface area contributed by atoms with Crippen molar-refractivity contribution >= 4 is 23.3 Å². The molecule has 0 bridgehead atoms. The molecule has 0 aliphatic rings. The van der Waals surface area contributed by atoms with E-state index in [4.69, 9.17) is 0 Å². The Morgan fingerprint density at radius 1 is 0.741 bits per heavy atom. The molecule has 1 heterocycles. The Hall–Kier alpha value is -2.72. The largest absolute Gasteiger partial charge is 0.416 e. The van der Waals surface area contributed by atoms with Gasteiger partial charge >= 0.3 is 6.18 Å². The zero-order valence-electron chi connectivity index (χ0n) is 14.1. The summed E-state index contributed by atoms with van der Waals surface area (Å²) in [6.45, 7) is 0. The van der Waals surface area contributed by atoms with Crippen LogP contribution in [0.25, 0.3) is 16.6 Å². The smallest absolute Gasteiger partial charge is 0.316 e. The fourth-order valence-corrected chi connectivity index (χ4v) is 3.07. The second-order valence-electron chi connectivity index (χ2n) is 6.07. The molecular weight excluding hydrogens is 371 g/mol. The zero-order chi connectivity index (χ0) is 18.1. The van der Waals surface area contributed by atoms with Crippen molar-refractivity contribution in [3.05, 3.63) is 108 Å². The number of nitrogens with zero attached hydrogens (tertiary/aromatic N) is 1. The molecule has 0 N–H and O–H groups in total. The second-order valence-corrected chi connectivity index (χ2v) is 6.07. The number of benzene rings is 3. The van der Waals surface area contributed by atoms with Gasteiger partial charge in [0.05, 0.1) is 11.1 Å². The molecule has 0 spiro atoms. The Kier molecular flexibility index (Phi) is 5.29. The third kappa shape index (κ3) is 3.86. The van der Waals surface area contributed by atoms with E-state index in [-0.39, 0.29) is 12.4 Å². The maximum Gasteiger partial charge on any atom is 0.416 e. The van der Waals surface area contributed by atoms with Crippen molar-refractivity contribution in [3.63, 3.8) is 0 Å².